The molecular formula is C15H19NO3S. The summed E-state index contributed by atoms with van der Waals surface area (Å²) in [5.74, 6) is 1.15. The summed E-state index contributed by atoms with van der Waals surface area (Å²) in [4.78, 5) is 11.4. The normalized spacial score (nSPS) is 28.8. The van der Waals surface area contributed by atoms with Gasteiger partial charge in [-0.3, -0.25) is 4.79 Å². The molecule has 0 radical (unpaired) electrons. The van der Waals surface area contributed by atoms with Gasteiger partial charge in [-0.05, 0) is 50.2 Å². The van der Waals surface area contributed by atoms with Crippen LogP contribution in [-0.2, 0) is 10.0 Å². The molecule has 3 atom stereocenters. The van der Waals surface area contributed by atoms with E-state index < -0.39 is 10.0 Å². The SMILES string of the molecule is CC(=O)c1ccc(S(=O)(=O)NC2CC3CCC2C3)cc1. The van der Waals surface area contributed by atoms with Gasteiger partial charge in [0.2, 0.25) is 10.0 Å². The van der Waals surface area contributed by atoms with Gasteiger partial charge in [0, 0.05) is 11.6 Å². The first-order chi connectivity index (χ1) is 9.45. The summed E-state index contributed by atoms with van der Waals surface area (Å²) in [7, 11) is -3.47. The Balaban J connectivity index is 1.76. The number of carbonyl (C=O) groups excluding carboxylic acids is 1. The zero-order valence-electron chi connectivity index (χ0n) is 11.5. The van der Waals surface area contributed by atoms with Gasteiger partial charge in [-0.2, -0.15) is 0 Å². The van der Waals surface area contributed by atoms with E-state index >= 15 is 0 Å². The van der Waals surface area contributed by atoms with Crippen molar-refractivity contribution in [3.8, 4) is 0 Å². The van der Waals surface area contributed by atoms with Gasteiger partial charge in [0.25, 0.3) is 0 Å². The van der Waals surface area contributed by atoms with Crippen LogP contribution < -0.4 is 4.72 Å². The van der Waals surface area contributed by atoms with Crippen LogP contribution >= 0.6 is 0 Å². The van der Waals surface area contributed by atoms with Crippen LogP contribution in [0.4, 0.5) is 0 Å². The largest absolute Gasteiger partial charge is 0.295 e. The van der Waals surface area contributed by atoms with Crippen molar-refractivity contribution in [1.29, 1.82) is 0 Å². The molecule has 2 aliphatic rings. The number of hydrogen-bond acceptors (Lipinski definition) is 3. The molecule has 0 saturated heterocycles. The maximum absolute atomic E-state index is 12.3. The second-order valence-electron chi connectivity index (χ2n) is 5.98. The third-order valence-electron chi connectivity index (χ3n) is 4.62. The standard InChI is InChI=1S/C15H19NO3S/c1-10(17)12-4-6-14(7-5-12)20(18,19)16-15-9-11-2-3-13(15)8-11/h4-7,11,13,15-16H,2-3,8-9H2,1H3. The Labute approximate surface area is 119 Å². The van der Waals surface area contributed by atoms with Crippen molar-refractivity contribution >= 4 is 15.8 Å². The topological polar surface area (TPSA) is 63.2 Å². The van der Waals surface area contributed by atoms with Crippen molar-refractivity contribution in [2.75, 3.05) is 0 Å². The molecule has 2 saturated carbocycles. The van der Waals surface area contributed by atoms with Gasteiger partial charge in [-0.1, -0.05) is 18.6 Å². The van der Waals surface area contributed by atoms with Crippen molar-refractivity contribution < 1.29 is 13.2 Å². The van der Waals surface area contributed by atoms with Crippen LogP contribution in [0.1, 0.15) is 43.0 Å². The summed E-state index contributed by atoms with van der Waals surface area (Å²) in [5, 5.41) is 0. The Hall–Kier alpha value is -1.20. The maximum Gasteiger partial charge on any atom is 0.240 e. The number of sulfonamides is 1. The predicted octanol–water partition coefficient (Wildman–Crippen LogP) is 2.36. The average Bonchev–Trinajstić information content (AvgIpc) is 3.00. The summed E-state index contributed by atoms with van der Waals surface area (Å²) in [6.45, 7) is 1.47. The van der Waals surface area contributed by atoms with Crippen LogP contribution in [0.5, 0.6) is 0 Å². The molecule has 0 amide bonds. The number of carbonyl (C=O) groups is 1. The van der Waals surface area contributed by atoms with Crippen LogP contribution in [-0.4, -0.2) is 20.2 Å². The Morgan fingerprint density at radius 1 is 1.15 bits per heavy atom. The molecular weight excluding hydrogens is 274 g/mol. The van der Waals surface area contributed by atoms with Gasteiger partial charge >= 0.3 is 0 Å². The number of fused-ring (bicyclic) bond motifs is 2. The maximum atomic E-state index is 12.3. The number of Topliss-reactive ketones (excluding diaryl/α,β-unsaturated/α-hetero) is 1. The van der Waals surface area contributed by atoms with Gasteiger partial charge < -0.3 is 0 Å². The van der Waals surface area contributed by atoms with Crippen LogP contribution in [0.2, 0.25) is 0 Å². The van der Waals surface area contributed by atoms with E-state index in [-0.39, 0.29) is 16.7 Å². The first-order valence-electron chi connectivity index (χ1n) is 7.09. The van der Waals surface area contributed by atoms with Crippen molar-refractivity contribution in [3.63, 3.8) is 0 Å². The third-order valence-corrected chi connectivity index (χ3v) is 6.12. The molecule has 20 heavy (non-hydrogen) atoms. The fourth-order valence-corrected chi connectivity index (χ4v) is 4.84. The highest BCUT2D eigenvalue weighted by Gasteiger charge is 2.41. The van der Waals surface area contributed by atoms with Gasteiger partial charge in [0.1, 0.15) is 0 Å². The molecule has 0 spiro atoms. The fourth-order valence-electron chi connectivity index (χ4n) is 3.53. The molecule has 0 aliphatic heterocycles. The molecule has 4 nitrogen and oxygen atoms in total. The molecule has 2 bridgehead atoms. The smallest absolute Gasteiger partial charge is 0.240 e. The van der Waals surface area contributed by atoms with Crippen LogP contribution in [0.3, 0.4) is 0 Å². The number of ketones is 1. The van der Waals surface area contributed by atoms with Crippen molar-refractivity contribution in [2.24, 2.45) is 11.8 Å². The second-order valence-corrected chi connectivity index (χ2v) is 7.70. The second kappa shape index (κ2) is 4.97. The Morgan fingerprint density at radius 2 is 1.85 bits per heavy atom. The van der Waals surface area contributed by atoms with E-state index in [0.717, 1.165) is 19.3 Å². The van der Waals surface area contributed by atoms with Crippen LogP contribution in [0.25, 0.3) is 0 Å². The number of hydrogen-bond donors (Lipinski definition) is 1. The van der Waals surface area contributed by atoms with Gasteiger partial charge in [-0.15, -0.1) is 0 Å². The lowest BCUT2D eigenvalue weighted by Gasteiger charge is -2.22. The molecule has 1 aromatic rings. The fraction of sp³-hybridized carbons (Fsp3) is 0.533. The minimum absolute atomic E-state index is 0.0602. The summed E-state index contributed by atoms with van der Waals surface area (Å²) < 4.78 is 27.5. The van der Waals surface area contributed by atoms with Gasteiger partial charge in [-0.25, -0.2) is 13.1 Å². The highest BCUT2D eigenvalue weighted by Crippen LogP contribution is 2.44. The number of rotatable bonds is 4. The van der Waals surface area contributed by atoms with Gasteiger partial charge in [0.05, 0.1) is 4.90 Å². The van der Waals surface area contributed by atoms with E-state index in [1.807, 2.05) is 0 Å². The van der Waals surface area contributed by atoms with Gasteiger partial charge in [0.15, 0.2) is 5.78 Å². The Kier molecular flexibility index (Phi) is 3.42. The summed E-state index contributed by atoms with van der Waals surface area (Å²) in [6.07, 6.45) is 4.52. The highest BCUT2D eigenvalue weighted by molar-refractivity contribution is 7.89. The van der Waals surface area contributed by atoms with Crippen molar-refractivity contribution in [1.82, 2.24) is 4.72 Å². The lowest BCUT2D eigenvalue weighted by atomic mass is 9.96. The zero-order valence-corrected chi connectivity index (χ0v) is 12.3. The van der Waals surface area contributed by atoms with Crippen molar-refractivity contribution in [2.45, 2.75) is 43.5 Å². The molecule has 0 heterocycles. The molecule has 3 unspecified atom stereocenters. The Morgan fingerprint density at radius 3 is 2.35 bits per heavy atom. The average molecular weight is 293 g/mol. The van der Waals surface area contributed by atoms with E-state index in [0.29, 0.717) is 17.4 Å². The Bertz CT molecular complexity index is 621. The minimum atomic E-state index is -3.47. The highest BCUT2D eigenvalue weighted by atomic mass is 32.2. The molecule has 108 valence electrons. The first-order valence-corrected chi connectivity index (χ1v) is 8.57. The van der Waals surface area contributed by atoms with Crippen LogP contribution in [0, 0.1) is 11.8 Å². The molecule has 5 heteroatoms. The molecule has 2 aliphatic carbocycles. The van der Waals surface area contributed by atoms with Crippen molar-refractivity contribution in [3.05, 3.63) is 29.8 Å². The first kappa shape index (κ1) is 13.8. The van der Waals surface area contributed by atoms with E-state index in [1.165, 1.54) is 25.5 Å². The van der Waals surface area contributed by atoms with E-state index in [9.17, 15) is 13.2 Å². The summed E-state index contributed by atoms with van der Waals surface area (Å²) in [5.41, 5.74) is 0.531. The molecule has 1 N–H and O–H groups in total. The van der Waals surface area contributed by atoms with E-state index in [2.05, 4.69) is 4.72 Å². The number of benzene rings is 1. The lowest BCUT2D eigenvalue weighted by Crippen LogP contribution is -2.38. The van der Waals surface area contributed by atoms with Crippen LogP contribution in [0.15, 0.2) is 29.2 Å². The third kappa shape index (κ3) is 2.52. The molecule has 0 aromatic heterocycles. The zero-order chi connectivity index (χ0) is 14.3. The summed E-state index contributed by atoms with van der Waals surface area (Å²) in [6, 6.07) is 6.24. The van der Waals surface area contributed by atoms with E-state index in [4.69, 9.17) is 0 Å². The summed E-state index contributed by atoms with van der Waals surface area (Å²) >= 11 is 0. The lowest BCUT2D eigenvalue weighted by molar-refractivity contribution is 0.101. The predicted molar refractivity (Wildman–Crippen MR) is 76.0 cm³/mol. The minimum Gasteiger partial charge on any atom is -0.295 e. The molecule has 3 rings (SSSR count). The number of nitrogens with one attached hydrogen (secondary N) is 1. The molecule has 1 aromatic carbocycles. The quantitative estimate of drug-likeness (QED) is 0.867. The molecule has 2 fully saturated rings. The monoisotopic (exact) mass is 293 g/mol. The van der Waals surface area contributed by atoms with E-state index in [1.54, 1.807) is 12.1 Å².